The first-order valence-electron chi connectivity index (χ1n) is 10.9. The Morgan fingerprint density at radius 3 is 2.46 bits per heavy atom. The van der Waals surface area contributed by atoms with Gasteiger partial charge in [-0.2, -0.15) is 0 Å². The Bertz CT molecular complexity index is 626. The molecule has 1 aromatic carbocycles. The van der Waals surface area contributed by atoms with Gasteiger partial charge in [0.25, 0.3) is 0 Å². The van der Waals surface area contributed by atoms with Crippen LogP contribution in [-0.4, -0.2) is 54.4 Å². The van der Waals surface area contributed by atoms with Gasteiger partial charge in [-0.25, -0.2) is 0 Å². The molecule has 1 heterocycles. The summed E-state index contributed by atoms with van der Waals surface area (Å²) in [5.41, 5.74) is 0. The Morgan fingerprint density at radius 2 is 1.75 bits per heavy atom. The molecule has 1 saturated carbocycles. The van der Waals surface area contributed by atoms with Gasteiger partial charge in [-0.1, -0.05) is 43.9 Å². The maximum Gasteiger partial charge on any atom is 0.227 e. The fraction of sp³-hybridized carbons (Fsp3) is 0.652. The van der Waals surface area contributed by atoms with Gasteiger partial charge in [0.2, 0.25) is 11.8 Å². The van der Waals surface area contributed by atoms with Crippen molar-refractivity contribution in [2.75, 3.05) is 26.7 Å². The molecule has 5 heteroatoms. The fourth-order valence-corrected chi connectivity index (χ4v) is 4.45. The second-order valence-corrected chi connectivity index (χ2v) is 8.18. The zero-order valence-corrected chi connectivity index (χ0v) is 17.1. The van der Waals surface area contributed by atoms with Crippen LogP contribution in [0.1, 0.15) is 57.8 Å². The van der Waals surface area contributed by atoms with Crippen LogP contribution in [0.4, 0.5) is 0 Å². The third-order valence-electron chi connectivity index (χ3n) is 6.17. The molecule has 2 amide bonds. The molecule has 1 saturated heterocycles. The van der Waals surface area contributed by atoms with Crippen LogP contribution in [0.25, 0.3) is 0 Å². The number of para-hydroxylation sites is 1. The number of nitrogens with zero attached hydrogens (tertiary/aromatic N) is 2. The summed E-state index contributed by atoms with van der Waals surface area (Å²) >= 11 is 0. The zero-order chi connectivity index (χ0) is 19.8. The molecule has 1 aliphatic heterocycles. The largest absolute Gasteiger partial charge is 0.493 e. The Kier molecular flexibility index (Phi) is 7.75. The molecule has 2 fully saturated rings. The van der Waals surface area contributed by atoms with E-state index in [1.54, 1.807) is 0 Å². The van der Waals surface area contributed by atoms with Crippen LogP contribution in [-0.2, 0) is 9.59 Å². The van der Waals surface area contributed by atoms with Gasteiger partial charge in [0.1, 0.15) is 5.75 Å². The highest BCUT2D eigenvalue weighted by Gasteiger charge is 2.32. The quantitative estimate of drug-likeness (QED) is 0.697. The fourth-order valence-electron chi connectivity index (χ4n) is 4.45. The summed E-state index contributed by atoms with van der Waals surface area (Å²) in [5.74, 6) is 1.04. The van der Waals surface area contributed by atoms with Crippen LogP contribution in [0, 0.1) is 5.92 Å². The Morgan fingerprint density at radius 1 is 1.04 bits per heavy atom. The van der Waals surface area contributed by atoms with E-state index < -0.39 is 0 Å². The molecule has 0 N–H and O–H groups in total. The summed E-state index contributed by atoms with van der Waals surface area (Å²) in [6.45, 7) is 1.68. The van der Waals surface area contributed by atoms with Crippen LogP contribution < -0.4 is 4.74 Å². The predicted molar refractivity (Wildman–Crippen MR) is 110 cm³/mol. The molecule has 0 bridgehead atoms. The third-order valence-corrected chi connectivity index (χ3v) is 6.17. The van der Waals surface area contributed by atoms with E-state index in [9.17, 15) is 9.59 Å². The lowest BCUT2D eigenvalue weighted by atomic mass is 9.95. The molecule has 3 rings (SSSR count). The normalized spacial score (nSPS) is 21.0. The van der Waals surface area contributed by atoms with Gasteiger partial charge in [0.05, 0.1) is 18.9 Å². The van der Waals surface area contributed by atoms with E-state index in [1.807, 2.05) is 47.2 Å². The number of ether oxygens (including phenoxy) is 1. The summed E-state index contributed by atoms with van der Waals surface area (Å²) in [4.78, 5) is 29.5. The number of rotatable bonds is 6. The van der Waals surface area contributed by atoms with E-state index in [4.69, 9.17) is 4.74 Å². The summed E-state index contributed by atoms with van der Waals surface area (Å²) in [5, 5.41) is 0. The first-order valence-corrected chi connectivity index (χ1v) is 10.9. The number of benzene rings is 1. The van der Waals surface area contributed by atoms with Crippen molar-refractivity contribution in [1.29, 1.82) is 0 Å². The average molecular weight is 387 g/mol. The van der Waals surface area contributed by atoms with Gasteiger partial charge in [-0.15, -0.1) is 0 Å². The monoisotopic (exact) mass is 386 g/mol. The number of hydrogen-bond acceptors (Lipinski definition) is 3. The van der Waals surface area contributed by atoms with Gasteiger partial charge in [-0.05, 0) is 37.8 Å². The minimum Gasteiger partial charge on any atom is -0.493 e. The van der Waals surface area contributed by atoms with Gasteiger partial charge < -0.3 is 14.5 Å². The predicted octanol–water partition coefficient (Wildman–Crippen LogP) is 3.88. The molecule has 2 aliphatic rings. The topological polar surface area (TPSA) is 49.9 Å². The Labute approximate surface area is 169 Å². The van der Waals surface area contributed by atoms with Crippen molar-refractivity contribution < 1.29 is 14.3 Å². The van der Waals surface area contributed by atoms with Crippen LogP contribution in [0.2, 0.25) is 0 Å². The van der Waals surface area contributed by atoms with Crippen molar-refractivity contribution in [3.63, 3.8) is 0 Å². The van der Waals surface area contributed by atoms with Crippen molar-refractivity contribution in [2.45, 2.75) is 63.8 Å². The smallest absolute Gasteiger partial charge is 0.227 e. The van der Waals surface area contributed by atoms with E-state index in [0.29, 0.717) is 25.6 Å². The molecule has 1 aliphatic carbocycles. The zero-order valence-electron chi connectivity index (χ0n) is 17.1. The molecule has 0 spiro atoms. The Hall–Kier alpha value is -2.04. The molecule has 0 aromatic heterocycles. The summed E-state index contributed by atoms with van der Waals surface area (Å²) in [7, 11) is 1.97. The maximum absolute atomic E-state index is 13.0. The highest BCUT2D eigenvalue weighted by Crippen LogP contribution is 2.25. The van der Waals surface area contributed by atoms with Gasteiger partial charge in [0.15, 0.2) is 0 Å². The molecule has 0 radical (unpaired) electrons. The summed E-state index contributed by atoms with van der Waals surface area (Å²) in [6, 6.07) is 9.94. The summed E-state index contributed by atoms with van der Waals surface area (Å²) < 4.78 is 5.65. The second kappa shape index (κ2) is 10.5. The highest BCUT2D eigenvalue weighted by molar-refractivity contribution is 5.81. The molecule has 154 valence electrons. The van der Waals surface area contributed by atoms with Gasteiger partial charge in [0, 0.05) is 26.2 Å². The number of hydrogen-bond donors (Lipinski definition) is 0. The minimum absolute atomic E-state index is 0.0546. The van der Waals surface area contributed by atoms with E-state index in [-0.39, 0.29) is 17.7 Å². The van der Waals surface area contributed by atoms with E-state index in [0.717, 1.165) is 38.0 Å². The molecule has 5 nitrogen and oxygen atoms in total. The SMILES string of the molecule is CN(C(=O)C1CCCN(C(=O)CCOc2ccccc2)C1)C1CCCCCC1. The van der Waals surface area contributed by atoms with Gasteiger partial charge >= 0.3 is 0 Å². The molecular formula is C23H34N2O3. The van der Waals surface area contributed by atoms with Gasteiger partial charge in [-0.3, -0.25) is 9.59 Å². The molecule has 1 unspecified atom stereocenters. The number of carbonyl (C=O) groups is 2. The number of carbonyl (C=O) groups excluding carboxylic acids is 2. The number of amides is 2. The Balaban J connectivity index is 1.47. The van der Waals surface area contributed by atoms with E-state index in [2.05, 4.69) is 0 Å². The highest BCUT2D eigenvalue weighted by atomic mass is 16.5. The first-order chi connectivity index (χ1) is 13.6. The van der Waals surface area contributed by atoms with Crippen LogP contribution in [0.15, 0.2) is 30.3 Å². The van der Waals surface area contributed by atoms with Crippen molar-refractivity contribution in [2.24, 2.45) is 5.92 Å². The number of likely N-dealkylation sites (tertiary alicyclic amines) is 1. The second-order valence-electron chi connectivity index (χ2n) is 8.18. The molecule has 1 aromatic rings. The average Bonchev–Trinajstić information content (AvgIpc) is 3.03. The number of piperidine rings is 1. The lowest BCUT2D eigenvalue weighted by Crippen LogP contribution is -2.48. The standard InChI is InChI=1S/C23H34N2O3/c1-24(20-11-5-2-3-6-12-20)23(27)19-10-9-16-25(18-19)22(26)15-17-28-21-13-7-4-8-14-21/h4,7-8,13-14,19-20H,2-3,5-6,9-12,15-18H2,1H3. The van der Waals surface area contributed by atoms with Crippen molar-refractivity contribution in [3.8, 4) is 5.75 Å². The van der Waals surface area contributed by atoms with E-state index >= 15 is 0 Å². The maximum atomic E-state index is 13.0. The van der Waals surface area contributed by atoms with Crippen LogP contribution in [0.5, 0.6) is 5.75 Å². The first kappa shape index (κ1) is 20.7. The van der Waals surface area contributed by atoms with Crippen LogP contribution >= 0.6 is 0 Å². The molecule has 1 atom stereocenters. The van der Waals surface area contributed by atoms with Crippen molar-refractivity contribution in [3.05, 3.63) is 30.3 Å². The molecule has 28 heavy (non-hydrogen) atoms. The third kappa shape index (κ3) is 5.73. The van der Waals surface area contributed by atoms with Crippen molar-refractivity contribution >= 4 is 11.8 Å². The summed E-state index contributed by atoms with van der Waals surface area (Å²) in [6.07, 6.45) is 9.40. The minimum atomic E-state index is -0.0546. The molecular weight excluding hydrogens is 352 g/mol. The lowest BCUT2D eigenvalue weighted by Gasteiger charge is -2.36. The van der Waals surface area contributed by atoms with Crippen LogP contribution in [0.3, 0.4) is 0 Å². The van der Waals surface area contributed by atoms with Crippen molar-refractivity contribution in [1.82, 2.24) is 9.80 Å². The lowest BCUT2D eigenvalue weighted by molar-refractivity contribution is -0.141. The van der Waals surface area contributed by atoms with E-state index in [1.165, 1.54) is 25.7 Å².